The Labute approximate surface area is 157 Å². The molecule has 0 unspecified atom stereocenters. The third-order valence-electron chi connectivity index (χ3n) is 3.89. The second-order valence-electron chi connectivity index (χ2n) is 5.89. The molecule has 0 N–H and O–H groups in total. The Morgan fingerprint density at radius 1 is 1.12 bits per heavy atom. The van der Waals surface area contributed by atoms with Crippen molar-refractivity contribution >= 4 is 17.7 Å². The molecule has 3 aromatic rings. The van der Waals surface area contributed by atoms with Gasteiger partial charge in [0.05, 0.1) is 18.0 Å². The summed E-state index contributed by atoms with van der Waals surface area (Å²) in [4.78, 5) is 11.8. The first-order valence-corrected chi connectivity index (χ1v) is 9.45. The molecule has 0 saturated heterocycles. The van der Waals surface area contributed by atoms with E-state index in [1.807, 2.05) is 47.9 Å². The molecule has 0 aliphatic carbocycles. The first-order valence-electron chi connectivity index (χ1n) is 8.47. The Balaban J connectivity index is 2.06. The Bertz CT molecular complexity index is 921. The monoisotopic (exact) mass is 367 g/mol. The van der Waals surface area contributed by atoms with Gasteiger partial charge in [0.15, 0.2) is 11.0 Å². The van der Waals surface area contributed by atoms with E-state index in [0.29, 0.717) is 11.8 Å². The van der Waals surface area contributed by atoms with Gasteiger partial charge in [0, 0.05) is 5.56 Å². The van der Waals surface area contributed by atoms with Crippen LogP contribution in [0.3, 0.4) is 0 Å². The minimum absolute atomic E-state index is 0.200. The number of esters is 1. The highest BCUT2D eigenvalue weighted by atomic mass is 32.2. The molecule has 0 atom stereocenters. The molecule has 0 spiro atoms. The van der Waals surface area contributed by atoms with Crippen molar-refractivity contribution < 1.29 is 9.53 Å². The second-order valence-corrected chi connectivity index (χ2v) is 6.83. The van der Waals surface area contributed by atoms with Gasteiger partial charge in [-0.15, -0.1) is 10.2 Å². The third kappa shape index (κ3) is 3.96. The van der Waals surface area contributed by atoms with Crippen molar-refractivity contribution in [3.63, 3.8) is 0 Å². The van der Waals surface area contributed by atoms with Gasteiger partial charge in [-0.3, -0.25) is 9.36 Å². The van der Waals surface area contributed by atoms with Gasteiger partial charge in [0.25, 0.3) is 0 Å². The summed E-state index contributed by atoms with van der Waals surface area (Å²) in [6.07, 6.45) is 0. The average Bonchev–Trinajstić information content (AvgIpc) is 3.04. The van der Waals surface area contributed by atoms with Crippen LogP contribution in [-0.2, 0) is 9.53 Å². The average molecular weight is 367 g/mol. The fraction of sp³-hybridized carbons (Fsp3) is 0.250. The number of nitrogens with zero attached hydrogens (tertiary/aromatic N) is 3. The fourth-order valence-corrected chi connectivity index (χ4v) is 3.43. The molecule has 0 aliphatic heterocycles. The maximum atomic E-state index is 11.8. The van der Waals surface area contributed by atoms with Crippen molar-refractivity contribution in [2.45, 2.75) is 25.9 Å². The molecule has 6 heteroatoms. The maximum absolute atomic E-state index is 11.8. The van der Waals surface area contributed by atoms with Gasteiger partial charge in [-0.25, -0.2) is 0 Å². The van der Waals surface area contributed by atoms with Gasteiger partial charge in [0.2, 0.25) is 0 Å². The van der Waals surface area contributed by atoms with Gasteiger partial charge in [-0.2, -0.15) is 0 Å². The van der Waals surface area contributed by atoms with E-state index in [1.165, 1.54) is 11.8 Å². The zero-order chi connectivity index (χ0) is 18.5. The number of thioether (sulfide) groups is 1. The molecule has 1 heterocycles. The SMILES string of the molecule is CCOC(=O)CSc1nnc(-c2cccc(C)c2)n1-c1ccccc1C. The van der Waals surface area contributed by atoms with Crippen LogP contribution in [0, 0.1) is 13.8 Å². The van der Waals surface area contributed by atoms with Gasteiger partial charge in [-0.1, -0.05) is 53.7 Å². The first-order chi connectivity index (χ1) is 12.6. The van der Waals surface area contributed by atoms with Crippen molar-refractivity contribution in [1.82, 2.24) is 14.8 Å². The minimum atomic E-state index is -0.256. The summed E-state index contributed by atoms with van der Waals surface area (Å²) >= 11 is 1.33. The van der Waals surface area contributed by atoms with Crippen LogP contribution in [0.1, 0.15) is 18.1 Å². The summed E-state index contributed by atoms with van der Waals surface area (Å²) < 4.78 is 7.03. The van der Waals surface area contributed by atoms with Gasteiger partial charge in [0.1, 0.15) is 0 Å². The van der Waals surface area contributed by atoms with E-state index in [4.69, 9.17) is 4.74 Å². The highest BCUT2D eigenvalue weighted by Gasteiger charge is 2.18. The lowest BCUT2D eigenvalue weighted by Crippen LogP contribution is -2.08. The molecule has 1 aromatic heterocycles. The summed E-state index contributed by atoms with van der Waals surface area (Å²) in [6.45, 7) is 6.27. The third-order valence-corrected chi connectivity index (χ3v) is 4.79. The van der Waals surface area contributed by atoms with Gasteiger partial charge < -0.3 is 4.74 Å². The molecule has 0 amide bonds. The topological polar surface area (TPSA) is 57.0 Å². The van der Waals surface area contributed by atoms with E-state index in [9.17, 15) is 4.79 Å². The number of benzene rings is 2. The molecule has 0 saturated carbocycles. The van der Waals surface area contributed by atoms with E-state index in [-0.39, 0.29) is 11.7 Å². The molecule has 5 nitrogen and oxygen atoms in total. The second kappa shape index (κ2) is 8.19. The Morgan fingerprint density at radius 3 is 2.65 bits per heavy atom. The molecule has 0 radical (unpaired) electrons. The van der Waals surface area contributed by atoms with E-state index in [0.717, 1.165) is 28.2 Å². The van der Waals surface area contributed by atoms with Crippen LogP contribution in [0.25, 0.3) is 17.1 Å². The number of ether oxygens (including phenoxy) is 1. The van der Waals surface area contributed by atoms with Crippen molar-refractivity contribution in [1.29, 1.82) is 0 Å². The van der Waals surface area contributed by atoms with Crippen LogP contribution in [-0.4, -0.2) is 33.1 Å². The largest absolute Gasteiger partial charge is 0.465 e. The van der Waals surface area contributed by atoms with E-state index in [2.05, 4.69) is 29.3 Å². The quantitative estimate of drug-likeness (QED) is 0.483. The standard InChI is InChI=1S/C20H21N3O2S/c1-4-25-18(24)13-26-20-22-21-19(16-10-7-8-14(2)12-16)23(20)17-11-6-5-9-15(17)3/h5-12H,4,13H2,1-3H3. The highest BCUT2D eigenvalue weighted by Crippen LogP contribution is 2.29. The maximum Gasteiger partial charge on any atom is 0.316 e. The molecule has 3 rings (SSSR count). The highest BCUT2D eigenvalue weighted by molar-refractivity contribution is 7.99. The van der Waals surface area contributed by atoms with Crippen LogP contribution in [0.4, 0.5) is 0 Å². The number of aryl methyl sites for hydroxylation is 2. The minimum Gasteiger partial charge on any atom is -0.465 e. The number of aromatic nitrogens is 3. The molecular weight excluding hydrogens is 346 g/mol. The summed E-state index contributed by atoms with van der Waals surface area (Å²) in [5.41, 5.74) is 4.26. The Morgan fingerprint density at radius 2 is 1.92 bits per heavy atom. The first kappa shape index (κ1) is 18.2. The van der Waals surface area contributed by atoms with E-state index >= 15 is 0 Å². The zero-order valence-corrected chi connectivity index (χ0v) is 15.9. The zero-order valence-electron chi connectivity index (χ0n) is 15.1. The van der Waals surface area contributed by atoms with Crippen LogP contribution < -0.4 is 0 Å². The molecule has 0 fully saturated rings. The molecule has 0 aliphatic rings. The van der Waals surface area contributed by atoms with Crippen molar-refractivity contribution in [3.8, 4) is 17.1 Å². The number of hydrogen-bond donors (Lipinski definition) is 0. The molecular formula is C20H21N3O2S. The number of carbonyl (C=O) groups excluding carboxylic acids is 1. The summed E-state index contributed by atoms with van der Waals surface area (Å²) in [5.74, 6) is 0.703. The van der Waals surface area contributed by atoms with Gasteiger partial charge >= 0.3 is 5.97 Å². The predicted molar refractivity (Wildman–Crippen MR) is 104 cm³/mol. The lowest BCUT2D eigenvalue weighted by atomic mass is 10.1. The summed E-state index contributed by atoms with van der Waals surface area (Å²) in [7, 11) is 0. The Kier molecular flexibility index (Phi) is 5.73. The van der Waals surface area contributed by atoms with Crippen LogP contribution >= 0.6 is 11.8 Å². The van der Waals surface area contributed by atoms with Crippen LogP contribution in [0.5, 0.6) is 0 Å². The Hall–Kier alpha value is -2.60. The number of rotatable bonds is 6. The summed E-state index contributed by atoms with van der Waals surface area (Å²) in [5, 5.41) is 9.42. The van der Waals surface area contributed by atoms with E-state index in [1.54, 1.807) is 6.92 Å². The normalized spacial score (nSPS) is 10.7. The molecule has 26 heavy (non-hydrogen) atoms. The predicted octanol–water partition coefficient (Wildman–Crippen LogP) is 4.21. The van der Waals surface area contributed by atoms with Crippen molar-refractivity contribution in [2.24, 2.45) is 0 Å². The number of para-hydroxylation sites is 1. The smallest absolute Gasteiger partial charge is 0.316 e. The van der Waals surface area contributed by atoms with Crippen molar-refractivity contribution in [3.05, 3.63) is 59.7 Å². The van der Waals surface area contributed by atoms with E-state index < -0.39 is 0 Å². The summed E-state index contributed by atoms with van der Waals surface area (Å²) in [6, 6.07) is 16.2. The molecule has 2 aromatic carbocycles. The van der Waals surface area contributed by atoms with Crippen molar-refractivity contribution in [2.75, 3.05) is 12.4 Å². The molecule has 0 bridgehead atoms. The number of carbonyl (C=O) groups is 1. The number of hydrogen-bond acceptors (Lipinski definition) is 5. The lowest BCUT2D eigenvalue weighted by molar-refractivity contribution is -0.139. The fourth-order valence-electron chi connectivity index (χ4n) is 2.69. The van der Waals surface area contributed by atoms with Crippen LogP contribution in [0.15, 0.2) is 53.7 Å². The van der Waals surface area contributed by atoms with Crippen LogP contribution in [0.2, 0.25) is 0 Å². The molecule has 134 valence electrons. The van der Waals surface area contributed by atoms with Gasteiger partial charge in [-0.05, 0) is 38.5 Å². The lowest BCUT2D eigenvalue weighted by Gasteiger charge is -2.13.